The molecule has 0 aliphatic carbocycles. The van der Waals surface area contributed by atoms with Crippen LogP contribution in [-0.4, -0.2) is 19.6 Å². The van der Waals surface area contributed by atoms with Gasteiger partial charge in [0.15, 0.2) is 0 Å². The molecule has 0 amide bonds. The number of hydrogen-bond donors (Lipinski definition) is 2. The molecule has 0 bridgehead atoms. The zero-order valence-corrected chi connectivity index (χ0v) is 9.82. The maximum atomic E-state index is 12.3. The van der Waals surface area contributed by atoms with Crippen molar-refractivity contribution >= 4 is 5.65 Å². The monoisotopic (exact) mass is 254 g/mol. The summed E-state index contributed by atoms with van der Waals surface area (Å²) < 4.78 is 1.41. The summed E-state index contributed by atoms with van der Waals surface area (Å²) in [5, 5.41) is 18.9. The van der Waals surface area contributed by atoms with Gasteiger partial charge in [-0.2, -0.15) is 0 Å². The van der Waals surface area contributed by atoms with Gasteiger partial charge in [-0.1, -0.05) is 6.07 Å². The molecule has 0 saturated carbocycles. The number of nitrogens with zero attached hydrogens (tertiary/aromatic N) is 2. The first-order chi connectivity index (χ1) is 9.15. The molecule has 0 unspecified atom stereocenters. The van der Waals surface area contributed by atoms with Crippen LogP contribution in [0.25, 0.3) is 16.8 Å². The summed E-state index contributed by atoms with van der Waals surface area (Å²) in [6.45, 7) is 0. The zero-order valence-electron chi connectivity index (χ0n) is 9.82. The maximum absolute atomic E-state index is 12.3. The van der Waals surface area contributed by atoms with Crippen molar-refractivity contribution < 1.29 is 10.2 Å². The quantitative estimate of drug-likeness (QED) is 0.694. The second-order valence-electron chi connectivity index (χ2n) is 4.14. The Labute approximate surface area is 108 Å². The number of fused-ring (bicyclic) bond motifs is 1. The average Bonchev–Trinajstić information content (AvgIpc) is 2.38. The molecule has 2 N–H and O–H groups in total. The maximum Gasteiger partial charge on any atom is 0.265 e. The van der Waals surface area contributed by atoms with Crippen LogP contribution in [0.1, 0.15) is 0 Å². The molecule has 5 heteroatoms. The van der Waals surface area contributed by atoms with Gasteiger partial charge >= 0.3 is 0 Å². The molecule has 1 aromatic carbocycles. The number of aromatic hydroxyl groups is 2. The van der Waals surface area contributed by atoms with Gasteiger partial charge in [-0.3, -0.25) is 9.20 Å². The number of pyridine rings is 1. The highest BCUT2D eigenvalue weighted by Crippen LogP contribution is 2.26. The number of phenolic OH excluding ortho intramolecular Hbond substituents is 2. The van der Waals surface area contributed by atoms with E-state index in [4.69, 9.17) is 0 Å². The Bertz CT molecular complexity index is 804. The highest BCUT2D eigenvalue weighted by Gasteiger charge is 2.09. The first kappa shape index (κ1) is 11.3. The van der Waals surface area contributed by atoms with Gasteiger partial charge in [-0.25, -0.2) is 4.98 Å². The predicted molar refractivity (Wildman–Crippen MR) is 70.2 cm³/mol. The molecule has 94 valence electrons. The fourth-order valence-electron chi connectivity index (χ4n) is 1.98. The van der Waals surface area contributed by atoms with Crippen LogP contribution < -0.4 is 5.56 Å². The third-order valence-corrected chi connectivity index (χ3v) is 2.83. The van der Waals surface area contributed by atoms with Gasteiger partial charge in [0.05, 0.1) is 5.56 Å². The topological polar surface area (TPSA) is 74.8 Å². The summed E-state index contributed by atoms with van der Waals surface area (Å²) in [6, 6.07) is 9.28. The first-order valence-electron chi connectivity index (χ1n) is 5.65. The van der Waals surface area contributed by atoms with Gasteiger partial charge in [-0.05, 0) is 29.8 Å². The molecule has 2 aromatic heterocycles. The summed E-state index contributed by atoms with van der Waals surface area (Å²) in [4.78, 5) is 16.5. The third-order valence-electron chi connectivity index (χ3n) is 2.83. The van der Waals surface area contributed by atoms with E-state index in [1.165, 1.54) is 28.8 Å². The fourth-order valence-corrected chi connectivity index (χ4v) is 1.98. The highest BCUT2D eigenvalue weighted by molar-refractivity contribution is 5.66. The van der Waals surface area contributed by atoms with E-state index in [2.05, 4.69) is 4.98 Å². The summed E-state index contributed by atoms with van der Waals surface area (Å²) >= 11 is 0. The largest absolute Gasteiger partial charge is 0.508 e. The van der Waals surface area contributed by atoms with E-state index in [0.29, 0.717) is 16.8 Å². The summed E-state index contributed by atoms with van der Waals surface area (Å²) in [5.74, 6) is -0.208. The number of benzene rings is 1. The van der Waals surface area contributed by atoms with Crippen LogP contribution in [0.15, 0.2) is 53.6 Å². The molecule has 0 radical (unpaired) electrons. The molecule has 0 spiro atoms. The Kier molecular flexibility index (Phi) is 2.45. The number of rotatable bonds is 1. The summed E-state index contributed by atoms with van der Waals surface area (Å²) in [7, 11) is 0. The van der Waals surface area contributed by atoms with E-state index in [0.717, 1.165) is 0 Å². The van der Waals surface area contributed by atoms with E-state index >= 15 is 0 Å². The Morgan fingerprint density at radius 3 is 2.53 bits per heavy atom. The van der Waals surface area contributed by atoms with Gasteiger partial charge in [0.1, 0.15) is 17.1 Å². The van der Waals surface area contributed by atoms with Crippen LogP contribution in [0, 0.1) is 0 Å². The van der Waals surface area contributed by atoms with Crippen molar-refractivity contribution in [2.45, 2.75) is 0 Å². The van der Waals surface area contributed by atoms with Gasteiger partial charge < -0.3 is 10.2 Å². The molecule has 0 atom stereocenters. The van der Waals surface area contributed by atoms with Crippen molar-refractivity contribution in [1.82, 2.24) is 9.38 Å². The van der Waals surface area contributed by atoms with Crippen LogP contribution in [0.2, 0.25) is 0 Å². The molecule has 5 nitrogen and oxygen atoms in total. The molecule has 2 heterocycles. The Balaban J connectivity index is 2.31. The number of aromatic nitrogens is 2. The van der Waals surface area contributed by atoms with Crippen molar-refractivity contribution in [3.63, 3.8) is 0 Å². The lowest BCUT2D eigenvalue weighted by molar-refractivity contribution is 0.451. The molecule has 0 fully saturated rings. The van der Waals surface area contributed by atoms with Crippen molar-refractivity contribution in [2.75, 3.05) is 0 Å². The minimum absolute atomic E-state index is 0.104. The smallest absolute Gasteiger partial charge is 0.265 e. The predicted octanol–water partition coefficient (Wildman–Crippen LogP) is 1.77. The van der Waals surface area contributed by atoms with Crippen LogP contribution in [-0.2, 0) is 0 Å². The molecular weight excluding hydrogens is 244 g/mol. The molecule has 19 heavy (non-hydrogen) atoms. The minimum atomic E-state index is -0.254. The SMILES string of the molecule is O=c1c(-c2cc(O)cc(O)c2)cnc2ccccn12. The van der Waals surface area contributed by atoms with Crippen LogP contribution in [0.3, 0.4) is 0 Å². The fraction of sp³-hybridized carbons (Fsp3) is 0. The third kappa shape index (κ3) is 1.91. The van der Waals surface area contributed by atoms with Gasteiger partial charge in [0, 0.05) is 18.5 Å². The highest BCUT2D eigenvalue weighted by atomic mass is 16.3. The minimum Gasteiger partial charge on any atom is -0.508 e. The van der Waals surface area contributed by atoms with E-state index < -0.39 is 0 Å². The number of hydrogen-bond acceptors (Lipinski definition) is 4. The van der Waals surface area contributed by atoms with Gasteiger partial charge in [-0.15, -0.1) is 0 Å². The number of phenols is 2. The molecule has 0 aliphatic rings. The normalized spacial score (nSPS) is 10.7. The van der Waals surface area contributed by atoms with E-state index in [-0.39, 0.29) is 17.1 Å². The van der Waals surface area contributed by atoms with Crippen molar-refractivity contribution in [1.29, 1.82) is 0 Å². The zero-order chi connectivity index (χ0) is 13.4. The van der Waals surface area contributed by atoms with Gasteiger partial charge in [0.2, 0.25) is 0 Å². The average molecular weight is 254 g/mol. The Hall–Kier alpha value is -2.82. The Morgan fingerprint density at radius 1 is 1.05 bits per heavy atom. The van der Waals surface area contributed by atoms with Crippen LogP contribution in [0.5, 0.6) is 11.5 Å². The summed E-state index contributed by atoms with van der Waals surface area (Å²) in [6.07, 6.45) is 3.06. The van der Waals surface area contributed by atoms with Crippen LogP contribution in [0.4, 0.5) is 0 Å². The van der Waals surface area contributed by atoms with Crippen molar-refractivity contribution in [2.24, 2.45) is 0 Å². The van der Waals surface area contributed by atoms with Crippen molar-refractivity contribution in [3.05, 3.63) is 59.1 Å². The second kappa shape index (κ2) is 4.13. The Morgan fingerprint density at radius 2 is 1.79 bits per heavy atom. The summed E-state index contributed by atoms with van der Waals surface area (Å²) in [5.41, 5.74) is 1.03. The standard InChI is InChI=1S/C14H10N2O3/c17-10-5-9(6-11(18)7-10)12-8-15-13-3-1-2-4-16(13)14(12)19/h1-8,17-18H. The van der Waals surface area contributed by atoms with Crippen LogP contribution >= 0.6 is 0 Å². The molecule has 0 aliphatic heterocycles. The second-order valence-corrected chi connectivity index (χ2v) is 4.14. The lowest BCUT2D eigenvalue weighted by Crippen LogP contribution is -2.16. The first-order valence-corrected chi connectivity index (χ1v) is 5.65. The molecule has 0 saturated heterocycles. The van der Waals surface area contributed by atoms with E-state index in [9.17, 15) is 15.0 Å². The molecule has 3 rings (SSSR count). The van der Waals surface area contributed by atoms with E-state index in [1.54, 1.807) is 24.4 Å². The van der Waals surface area contributed by atoms with Crippen molar-refractivity contribution in [3.8, 4) is 22.6 Å². The lowest BCUT2D eigenvalue weighted by atomic mass is 10.1. The van der Waals surface area contributed by atoms with E-state index in [1.807, 2.05) is 0 Å². The van der Waals surface area contributed by atoms with Gasteiger partial charge in [0.25, 0.3) is 5.56 Å². The molecule has 3 aromatic rings. The lowest BCUT2D eigenvalue weighted by Gasteiger charge is -2.05. The molecular formula is C14H10N2O3.